The van der Waals surface area contributed by atoms with Crippen molar-refractivity contribution in [3.63, 3.8) is 0 Å². The predicted molar refractivity (Wildman–Crippen MR) is 80.3 cm³/mol. The zero-order valence-corrected chi connectivity index (χ0v) is 12.5. The Morgan fingerprint density at radius 1 is 1.27 bits per heavy atom. The van der Waals surface area contributed by atoms with Gasteiger partial charge in [-0.15, -0.1) is 0 Å². The largest absolute Gasteiger partial charge is 0.550 e. The molecule has 0 saturated heterocycles. The van der Waals surface area contributed by atoms with E-state index in [9.17, 15) is 14.7 Å². The molecule has 0 spiro atoms. The van der Waals surface area contributed by atoms with Crippen molar-refractivity contribution < 1.29 is 14.7 Å². The number of carboxylic acids is 1. The summed E-state index contributed by atoms with van der Waals surface area (Å²) in [5.74, 6) is -1.24. The minimum absolute atomic E-state index is 0.0158. The highest BCUT2D eigenvalue weighted by atomic mass is 35.5. The lowest BCUT2D eigenvalue weighted by Crippen LogP contribution is -2.22. The summed E-state index contributed by atoms with van der Waals surface area (Å²) in [6, 6.07) is 7.07. The molecule has 1 aromatic heterocycles. The molecule has 0 bridgehead atoms. The number of aliphatic carboxylic acids is 1. The molecule has 0 fully saturated rings. The van der Waals surface area contributed by atoms with Gasteiger partial charge in [0.15, 0.2) is 0 Å². The van der Waals surface area contributed by atoms with E-state index in [1.54, 1.807) is 35.1 Å². The van der Waals surface area contributed by atoms with Crippen LogP contribution >= 0.6 is 11.6 Å². The van der Waals surface area contributed by atoms with Crippen molar-refractivity contribution in [2.24, 2.45) is 0 Å². The number of anilines is 1. The van der Waals surface area contributed by atoms with Crippen molar-refractivity contribution in [2.75, 3.05) is 5.32 Å². The standard InChI is InChI=1S/C15H16ClN3O3/c16-12-5-3-11(4-6-12)8-14(20)18-13-9-17-19(10-13)7-1-2-15(21)22/h3-6,9-10H,1-2,7-8H2,(H,18,20)(H,21,22)/p-1. The summed E-state index contributed by atoms with van der Waals surface area (Å²) in [5, 5.41) is 17.8. The number of benzene rings is 1. The van der Waals surface area contributed by atoms with Crippen LogP contribution in [0.15, 0.2) is 36.7 Å². The number of carbonyl (C=O) groups excluding carboxylic acids is 2. The zero-order valence-electron chi connectivity index (χ0n) is 11.8. The van der Waals surface area contributed by atoms with E-state index in [0.717, 1.165) is 5.56 Å². The molecule has 0 saturated carbocycles. The first kappa shape index (κ1) is 16.0. The number of nitrogens with one attached hydrogen (secondary N) is 1. The summed E-state index contributed by atoms with van der Waals surface area (Å²) in [7, 11) is 0. The first-order valence-electron chi connectivity index (χ1n) is 6.79. The molecule has 2 rings (SSSR count). The lowest BCUT2D eigenvalue weighted by molar-refractivity contribution is -0.305. The average Bonchev–Trinajstić information content (AvgIpc) is 2.88. The molecule has 116 valence electrons. The third kappa shape index (κ3) is 5.21. The topological polar surface area (TPSA) is 87.0 Å². The molecular weight excluding hydrogens is 306 g/mol. The number of aryl methyl sites for hydroxylation is 1. The second-order valence-electron chi connectivity index (χ2n) is 4.82. The Morgan fingerprint density at radius 2 is 2.00 bits per heavy atom. The van der Waals surface area contributed by atoms with Crippen molar-refractivity contribution in [3.8, 4) is 0 Å². The van der Waals surface area contributed by atoms with Gasteiger partial charge in [0.05, 0.1) is 18.3 Å². The maximum atomic E-state index is 11.9. The number of carbonyl (C=O) groups is 2. The molecule has 7 heteroatoms. The Labute approximate surface area is 132 Å². The fourth-order valence-electron chi connectivity index (χ4n) is 1.93. The van der Waals surface area contributed by atoms with E-state index >= 15 is 0 Å². The molecule has 1 N–H and O–H groups in total. The molecule has 1 aromatic carbocycles. The highest BCUT2D eigenvalue weighted by molar-refractivity contribution is 6.30. The summed E-state index contributed by atoms with van der Waals surface area (Å²) in [6.07, 6.45) is 3.85. The molecule has 0 unspecified atom stereocenters. The van der Waals surface area contributed by atoms with Crippen LogP contribution in [0.5, 0.6) is 0 Å². The molecule has 1 amide bonds. The summed E-state index contributed by atoms with van der Waals surface area (Å²) in [4.78, 5) is 22.2. The van der Waals surface area contributed by atoms with Crippen LogP contribution in [0, 0.1) is 0 Å². The van der Waals surface area contributed by atoms with E-state index in [-0.39, 0.29) is 18.7 Å². The predicted octanol–water partition coefficient (Wildman–Crippen LogP) is 1.25. The number of rotatable bonds is 7. The quantitative estimate of drug-likeness (QED) is 0.831. The lowest BCUT2D eigenvalue weighted by Gasteiger charge is -2.03. The maximum absolute atomic E-state index is 11.9. The van der Waals surface area contributed by atoms with Gasteiger partial charge in [0.2, 0.25) is 5.91 Å². The minimum atomic E-state index is -1.08. The summed E-state index contributed by atoms with van der Waals surface area (Å²) >= 11 is 5.79. The zero-order chi connectivity index (χ0) is 15.9. The summed E-state index contributed by atoms with van der Waals surface area (Å²) in [5.41, 5.74) is 1.44. The van der Waals surface area contributed by atoms with Gasteiger partial charge in [-0.2, -0.15) is 5.10 Å². The van der Waals surface area contributed by atoms with Gasteiger partial charge in [-0.1, -0.05) is 23.7 Å². The number of nitrogens with zero attached hydrogens (tertiary/aromatic N) is 2. The van der Waals surface area contributed by atoms with E-state index in [4.69, 9.17) is 11.6 Å². The first-order chi connectivity index (χ1) is 10.5. The SMILES string of the molecule is O=C([O-])CCCn1cc(NC(=O)Cc2ccc(Cl)cc2)cn1. The number of hydrogen-bond acceptors (Lipinski definition) is 4. The number of carboxylic acid groups (broad SMARTS) is 1. The Morgan fingerprint density at radius 3 is 2.68 bits per heavy atom. The molecule has 0 atom stereocenters. The van der Waals surface area contributed by atoms with Gasteiger partial charge in [0, 0.05) is 23.7 Å². The molecule has 0 aliphatic heterocycles. The smallest absolute Gasteiger partial charge is 0.228 e. The van der Waals surface area contributed by atoms with E-state index in [0.29, 0.717) is 23.7 Å². The number of amides is 1. The van der Waals surface area contributed by atoms with E-state index in [1.807, 2.05) is 0 Å². The molecule has 0 aliphatic rings. The molecule has 6 nitrogen and oxygen atoms in total. The monoisotopic (exact) mass is 320 g/mol. The van der Waals surface area contributed by atoms with Gasteiger partial charge in [-0.3, -0.25) is 9.48 Å². The molecule has 22 heavy (non-hydrogen) atoms. The van der Waals surface area contributed by atoms with Crippen LogP contribution in [-0.2, 0) is 22.6 Å². The van der Waals surface area contributed by atoms with Crippen LogP contribution in [0.25, 0.3) is 0 Å². The second-order valence-corrected chi connectivity index (χ2v) is 5.26. The van der Waals surface area contributed by atoms with Crippen LogP contribution in [-0.4, -0.2) is 21.7 Å². The Kier molecular flexibility index (Phi) is 5.55. The van der Waals surface area contributed by atoms with E-state index in [1.165, 1.54) is 6.20 Å². The minimum Gasteiger partial charge on any atom is -0.550 e. The number of aromatic nitrogens is 2. The molecule has 1 heterocycles. The van der Waals surface area contributed by atoms with E-state index < -0.39 is 5.97 Å². The summed E-state index contributed by atoms with van der Waals surface area (Å²) < 4.78 is 1.58. The van der Waals surface area contributed by atoms with Crippen molar-refractivity contribution in [3.05, 3.63) is 47.2 Å². The highest BCUT2D eigenvalue weighted by Gasteiger charge is 2.06. The molecule has 2 aromatic rings. The van der Waals surface area contributed by atoms with Crippen LogP contribution in [0.4, 0.5) is 5.69 Å². The number of hydrogen-bond donors (Lipinski definition) is 1. The van der Waals surface area contributed by atoms with Crippen LogP contribution in [0.2, 0.25) is 5.02 Å². The lowest BCUT2D eigenvalue weighted by atomic mass is 10.1. The van der Waals surface area contributed by atoms with Crippen LogP contribution < -0.4 is 10.4 Å². The van der Waals surface area contributed by atoms with Gasteiger partial charge in [0.25, 0.3) is 0 Å². The van der Waals surface area contributed by atoms with Crippen molar-refractivity contribution in [1.82, 2.24) is 9.78 Å². The fourth-order valence-corrected chi connectivity index (χ4v) is 2.05. The second kappa shape index (κ2) is 7.61. The van der Waals surface area contributed by atoms with Crippen molar-refractivity contribution >= 4 is 29.2 Å². The van der Waals surface area contributed by atoms with Crippen molar-refractivity contribution in [2.45, 2.75) is 25.8 Å². The van der Waals surface area contributed by atoms with Crippen LogP contribution in [0.1, 0.15) is 18.4 Å². The Bertz CT molecular complexity index is 652. The van der Waals surface area contributed by atoms with Gasteiger partial charge in [-0.25, -0.2) is 0 Å². The molecule has 0 aliphatic carbocycles. The highest BCUT2D eigenvalue weighted by Crippen LogP contribution is 2.11. The first-order valence-corrected chi connectivity index (χ1v) is 7.17. The van der Waals surface area contributed by atoms with E-state index in [2.05, 4.69) is 10.4 Å². The van der Waals surface area contributed by atoms with Gasteiger partial charge >= 0.3 is 0 Å². The number of halogens is 1. The van der Waals surface area contributed by atoms with Gasteiger partial charge in [-0.05, 0) is 30.5 Å². The van der Waals surface area contributed by atoms with Crippen LogP contribution in [0.3, 0.4) is 0 Å². The average molecular weight is 321 g/mol. The molecule has 0 radical (unpaired) electrons. The van der Waals surface area contributed by atoms with Crippen molar-refractivity contribution in [1.29, 1.82) is 0 Å². The molecular formula is C15H15ClN3O3-. The third-order valence-electron chi connectivity index (χ3n) is 2.96. The maximum Gasteiger partial charge on any atom is 0.228 e. The van der Waals surface area contributed by atoms with Gasteiger partial charge < -0.3 is 15.2 Å². The van der Waals surface area contributed by atoms with Gasteiger partial charge in [0.1, 0.15) is 0 Å². The normalized spacial score (nSPS) is 10.4. The Hall–Kier alpha value is -2.34. The summed E-state index contributed by atoms with van der Waals surface area (Å²) in [6.45, 7) is 0.459. The fraction of sp³-hybridized carbons (Fsp3) is 0.267. The Balaban J connectivity index is 1.82. The third-order valence-corrected chi connectivity index (χ3v) is 3.22.